The highest BCUT2D eigenvalue weighted by Crippen LogP contribution is 2.61. The topological polar surface area (TPSA) is 369 Å². The second kappa shape index (κ2) is 16.4. The van der Waals surface area contributed by atoms with Crippen molar-refractivity contribution in [1.29, 1.82) is 0 Å². The quantitative estimate of drug-likeness (QED) is 0.0723. The van der Waals surface area contributed by atoms with Crippen LogP contribution in [0.25, 0.3) is 0 Å². The maximum Gasteiger partial charge on any atom is 0.483 e. The number of aromatic nitrogens is 2. The number of ether oxygens (including phenoxy) is 3. The van der Waals surface area contributed by atoms with Gasteiger partial charge in [-0.1, -0.05) is 6.92 Å². The molecule has 10 N–H and O–H groups in total. The fourth-order valence-electron chi connectivity index (χ4n) is 4.70. The summed E-state index contributed by atoms with van der Waals surface area (Å²) in [5.41, 5.74) is -1.82. The largest absolute Gasteiger partial charge is 0.483 e. The van der Waals surface area contributed by atoms with Gasteiger partial charge in [-0.2, -0.15) is 4.31 Å². The van der Waals surface area contributed by atoms with Crippen molar-refractivity contribution in [3.8, 4) is 0 Å². The summed E-state index contributed by atoms with van der Waals surface area (Å²) in [6.07, 6.45) is -15.6. The number of amides is 1. The van der Waals surface area contributed by atoms with Crippen molar-refractivity contribution in [3.05, 3.63) is 33.1 Å². The van der Waals surface area contributed by atoms with Crippen LogP contribution in [0.3, 0.4) is 0 Å². The fraction of sp³-hybridized carbons (Fsp3) is 0.727. The molecule has 49 heavy (non-hydrogen) atoms. The number of hydrogen-bond acceptors (Lipinski definition) is 17. The molecule has 0 aromatic carbocycles. The molecule has 1 aromatic heterocycles. The van der Waals surface area contributed by atoms with Crippen LogP contribution in [-0.4, -0.2) is 136 Å². The van der Waals surface area contributed by atoms with Crippen molar-refractivity contribution in [2.24, 2.45) is 5.92 Å². The molecule has 2 saturated heterocycles. The van der Waals surface area contributed by atoms with E-state index in [1.807, 2.05) is 4.98 Å². The number of aromatic amines is 1. The zero-order valence-corrected chi connectivity index (χ0v) is 28.1. The molecule has 3 heterocycles. The second-order valence-electron chi connectivity index (χ2n) is 11.0. The Kier molecular flexibility index (Phi) is 13.8. The van der Waals surface area contributed by atoms with Gasteiger partial charge >= 0.3 is 27.3 Å². The van der Waals surface area contributed by atoms with E-state index in [0.717, 1.165) is 26.1 Å². The monoisotopic (exact) mass is 771 g/mol. The van der Waals surface area contributed by atoms with Gasteiger partial charge in [0.15, 0.2) is 12.5 Å². The summed E-state index contributed by atoms with van der Waals surface area (Å²) in [5.74, 6) is -3.59. The molecule has 0 saturated carbocycles. The molecule has 27 heteroatoms. The number of aliphatic hydroxyl groups is 4. The minimum absolute atomic E-state index is 0.694. The first-order valence-electron chi connectivity index (χ1n) is 14.0. The Balaban J connectivity index is 1.73. The van der Waals surface area contributed by atoms with Crippen LogP contribution in [0.2, 0.25) is 0 Å². The van der Waals surface area contributed by atoms with Gasteiger partial charge in [0.2, 0.25) is 13.3 Å². The van der Waals surface area contributed by atoms with Gasteiger partial charge in [-0.05, 0) is 0 Å². The molecule has 0 radical (unpaired) electrons. The number of phosphoric acid groups is 2. The lowest BCUT2D eigenvalue weighted by atomic mass is 9.97. The van der Waals surface area contributed by atoms with Crippen LogP contribution in [0.1, 0.15) is 20.1 Å². The standard InChI is InChI=1S/C22H36N3O21P3/c1-9(20(32)33)7-47(35,36)8-41-18-14(23-10(2)27)21(44-11(5-26)16(18)30)45-49(39,40)46-48(37,38)42-6-12-15(29)17(31)19(43-12)25-4-3-13(28)24-22(25)34/h3-4,9,11-12,14-19,21,26,29-31H,5-8H2,1-2H3,(H,23,27)(H,32,33)(H,35,36)(H,37,38)(H,39,40)(H,24,28,34)/t9?,11-,12-,14-,15-,16-,17-,18-,19-,21-/m1/s1. The Labute approximate surface area is 274 Å². The van der Waals surface area contributed by atoms with Gasteiger partial charge in [-0.25, -0.2) is 13.9 Å². The highest BCUT2D eigenvalue weighted by Gasteiger charge is 2.51. The third-order valence-corrected chi connectivity index (χ3v) is 11.3. The molecule has 0 aliphatic carbocycles. The predicted octanol–water partition coefficient (Wildman–Crippen LogP) is -3.68. The molecule has 1 amide bonds. The van der Waals surface area contributed by atoms with E-state index in [9.17, 15) is 68.0 Å². The molecule has 2 aliphatic heterocycles. The molecule has 0 bridgehead atoms. The molecular formula is C22H36N3O21P3. The molecule has 13 atom stereocenters. The highest BCUT2D eigenvalue weighted by molar-refractivity contribution is 7.61. The molecule has 2 aliphatic rings. The van der Waals surface area contributed by atoms with Gasteiger partial charge in [-0.15, -0.1) is 0 Å². The zero-order valence-electron chi connectivity index (χ0n) is 25.4. The van der Waals surface area contributed by atoms with Crippen molar-refractivity contribution in [2.75, 3.05) is 25.7 Å². The van der Waals surface area contributed by atoms with E-state index < -0.39 is 133 Å². The van der Waals surface area contributed by atoms with Crippen LogP contribution in [0, 0.1) is 5.92 Å². The average molecular weight is 771 g/mol. The van der Waals surface area contributed by atoms with Crippen LogP contribution < -0.4 is 16.6 Å². The van der Waals surface area contributed by atoms with Crippen LogP contribution in [0.15, 0.2) is 21.9 Å². The summed E-state index contributed by atoms with van der Waals surface area (Å²) in [7, 11) is -15.9. The first kappa shape index (κ1) is 41.2. The van der Waals surface area contributed by atoms with E-state index in [0.29, 0.717) is 4.57 Å². The van der Waals surface area contributed by atoms with Crippen LogP contribution in [0.4, 0.5) is 0 Å². The number of aliphatic carboxylic acids is 1. The lowest BCUT2D eigenvalue weighted by Gasteiger charge is -2.44. The smallest absolute Gasteiger partial charge is 0.481 e. The first-order chi connectivity index (χ1) is 22.6. The number of rotatable bonds is 16. The summed E-state index contributed by atoms with van der Waals surface area (Å²) in [5, 5.41) is 52.1. The number of carboxylic acid groups (broad SMARTS) is 1. The number of phosphoric ester groups is 2. The highest BCUT2D eigenvalue weighted by atomic mass is 31.3. The van der Waals surface area contributed by atoms with E-state index in [2.05, 4.69) is 14.2 Å². The number of aliphatic hydroxyl groups excluding tert-OH is 4. The van der Waals surface area contributed by atoms with Gasteiger partial charge < -0.3 is 59.7 Å². The van der Waals surface area contributed by atoms with E-state index in [-0.39, 0.29) is 0 Å². The molecule has 0 spiro atoms. The molecule has 2 fully saturated rings. The first-order valence-corrected chi connectivity index (χ1v) is 19.0. The lowest BCUT2D eigenvalue weighted by molar-refractivity contribution is -0.254. The minimum Gasteiger partial charge on any atom is -0.481 e. The number of carbonyl (C=O) groups is 2. The normalized spacial score (nSPS) is 33.1. The maximum atomic E-state index is 12.8. The molecule has 3 rings (SSSR count). The average Bonchev–Trinajstić information content (AvgIpc) is 3.24. The number of hydrogen-bond donors (Lipinski definition) is 10. The Morgan fingerprint density at radius 1 is 1.04 bits per heavy atom. The van der Waals surface area contributed by atoms with E-state index in [1.54, 1.807) is 0 Å². The van der Waals surface area contributed by atoms with Crippen molar-refractivity contribution < 1.29 is 91.1 Å². The fourth-order valence-corrected chi connectivity index (χ4v) is 8.39. The Bertz CT molecular complexity index is 1600. The van der Waals surface area contributed by atoms with Gasteiger partial charge in [-0.3, -0.25) is 37.5 Å². The van der Waals surface area contributed by atoms with Crippen molar-refractivity contribution >= 4 is 34.9 Å². The van der Waals surface area contributed by atoms with Crippen LogP contribution in [0.5, 0.6) is 0 Å². The van der Waals surface area contributed by atoms with Gasteiger partial charge in [0.25, 0.3) is 5.56 Å². The number of nitrogens with one attached hydrogen (secondary N) is 2. The second-order valence-corrected chi connectivity index (χ2v) is 16.3. The minimum atomic E-state index is -5.82. The van der Waals surface area contributed by atoms with Crippen molar-refractivity contribution in [1.82, 2.24) is 14.9 Å². The van der Waals surface area contributed by atoms with Crippen LogP contribution >= 0.6 is 23.0 Å². The Morgan fingerprint density at radius 2 is 1.69 bits per heavy atom. The molecule has 280 valence electrons. The molecule has 24 nitrogen and oxygen atoms in total. The number of carboxylic acids is 1. The summed E-state index contributed by atoms with van der Waals surface area (Å²) in [6.45, 7) is -0.0574. The predicted molar refractivity (Wildman–Crippen MR) is 156 cm³/mol. The summed E-state index contributed by atoms with van der Waals surface area (Å²) < 4.78 is 68.2. The Morgan fingerprint density at radius 3 is 2.27 bits per heavy atom. The zero-order chi connectivity index (χ0) is 37.1. The van der Waals surface area contributed by atoms with Crippen molar-refractivity contribution in [3.63, 3.8) is 0 Å². The molecular weight excluding hydrogens is 735 g/mol. The van der Waals surface area contributed by atoms with Crippen molar-refractivity contribution in [2.45, 2.75) is 69.0 Å². The number of carbonyl (C=O) groups excluding carboxylic acids is 1. The Hall–Kier alpha value is -2.21. The van der Waals surface area contributed by atoms with Crippen LogP contribution in [-0.2, 0) is 50.9 Å². The van der Waals surface area contributed by atoms with Gasteiger partial charge in [0, 0.05) is 25.3 Å². The van der Waals surface area contributed by atoms with E-state index >= 15 is 0 Å². The third kappa shape index (κ3) is 11.1. The van der Waals surface area contributed by atoms with E-state index in [4.69, 9.17) is 23.8 Å². The third-order valence-electron chi connectivity index (χ3n) is 6.98. The molecule has 4 unspecified atom stereocenters. The SMILES string of the molecule is CC(=O)N[C@H]1[C@@H](OP(=O)(O)OP(=O)(O)OC[C@H]2O[C@@H](n3ccc(=O)[nH]c3=O)[C@H](O)[C@@H]2O)O[C@H](CO)[C@@H](O)[C@@H]1OCP(=O)(O)CC(C)C(=O)O. The van der Waals surface area contributed by atoms with Gasteiger partial charge in [0.1, 0.15) is 49.0 Å². The summed E-state index contributed by atoms with van der Waals surface area (Å²) >= 11 is 0. The number of H-pyrrole nitrogens is 1. The summed E-state index contributed by atoms with van der Waals surface area (Å²) in [4.78, 5) is 79.0. The molecule has 1 aromatic rings. The maximum absolute atomic E-state index is 12.8. The summed E-state index contributed by atoms with van der Waals surface area (Å²) in [6, 6.07) is -0.937. The lowest BCUT2D eigenvalue weighted by Crippen LogP contribution is -2.65. The number of nitrogens with zero attached hydrogens (tertiary/aromatic N) is 1. The van der Waals surface area contributed by atoms with E-state index in [1.165, 1.54) is 0 Å². The van der Waals surface area contributed by atoms with Gasteiger partial charge in [0.05, 0.1) is 19.1 Å².